The molecule has 5 atom stereocenters. The molecule has 3 aromatic heterocycles. The second-order valence-electron chi connectivity index (χ2n) is 7.43. The number of aromatic nitrogens is 6. The summed E-state index contributed by atoms with van der Waals surface area (Å²) in [4.78, 5) is 17.3. The van der Waals surface area contributed by atoms with E-state index in [2.05, 4.69) is 25.3 Å². The summed E-state index contributed by atoms with van der Waals surface area (Å²) in [6, 6.07) is 0.177. The van der Waals surface area contributed by atoms with Crippen LogP contribution in [0.3, 0.4) is 0 Å². The number of rotatable bonds is 6. The Bertz CT molecular complexity index is 1020. The predicted molar refractivity (Wildman–Crippen MR) is 108 cm³/mol. The number of aliphatic hydroxyl groups excluding tert-OH is 2. The van der Waals surface area contributed by atoms with E-state index in [1.54, 1.807) is 17.1 Å². The second-order valence-corrected chi connectivity index (χ2v) is 8.42. The van der Waals surface area contributed by atoms with Gasteiger partial charge in [-0.05, 0) is 6.42 Å². The van der Waals surface area contributed by atoms with E-state index in [0.717, 1.165) is 18.2 Å². The van der Waals surface area contributed by atoms with Crippen molar-refractivity contribution in [2.45, 2.75) is 42.2 Å². The molecule has 1 unspecified atom stereocenters. The largest absolute Gasteiger partial charge is 0.387 e. The van der Waals surface area contributed by atoms with Crippen LogP contribution in [0.5, 0.6) is 0 Å². The number of anilines is 1. The molecule has 2 fully saturated rings. The van der Waals surface area contributed by atoms with Gasteiger partial charge in [0.05, 0.1) is 25.1 Å². The maximum absolute atomic E-state index is 10.6. The summed E-state index contributed by atoms with van der Waals surface area (Å²) in [6.07, 6.45) is 3.99. The van der Waals surface area contributed by atoms with Crippen LogP contribution in [-0.2, 0) is 16.5 Å². The molecule has 11 nitrogen and oxygen atoms in total. The van der Waals surface area contributed by atoms with E-state index in [0.29, 0.717) is 29.3 Å². The van der Waals surface area contributed by atoms with Crippen molar-refractivity contribution in [3.8, 4) is 0 Å². The standard InChI is InChI=1S/C18H23N7O4S/c1-24-4-3-19-18(24)30-7-11-13(26)14(27)17(29-11)25-9-22-12-15(20-8-21-16(12)25)23-10-2-5-28-6-10/h3-4,8-11,13-14,17,26-27H,2,5-7H2,1H3,(H,20,21,23)/t10-,11-,13-,14-,17?/m1/s1. The SMILES string of the molecule is Cn1ccnc1SC[C@H]1OC(n2cnc3c(N[C@@H]4CCOC4)ncnc32)[C@H](O)[C@@H]1O. The number of imidazole rings is 2. The molecule has 3 aromatic rings. The summed E-state index contributed by atoms with van der Waals surface area (Å²) < 4.78 is 15.0. The topological polar surface area (TPSA) is 132 Å². The Morgan fingerprint density at radius 2 is 2.13 bits per heavy atom. The molecule has 5 rings (SSSR count). The van der Waals surface area contributed by atoms with Crippen LogP contribution >= 0.6 is 11.8 Å². The van der Waals surface area contributed by atoms with E-state index in [4.69, 9.17) is 9.47 Å². The van der Waals surface area contributed by atoms with Gasteiger partial charge in [0.2, 0.25) is 0 Å². The Morgan fingerprint density at radius 1 is 1.23 bits per heavy atom. The van der Waals surface area contributed by atoms with Gasteiger partial charge in [0.15, 0.2) is 28.4 Å². The first-order chi connectivity index (χ1) is 14.6. The Hall–Kier alpha value is -2.25. The monoisotopic (exact) mass is 433 g/mol. The molecule has 0 amide bonds. The molecule has 0 aromatic carbocycles. The Kier molecular flexibility index (Phi) is 5.33. The third-order valence-corrected chi connectivity index (χ3v) is 6.54. The molecule has 2 aliphatic heterocycles. The van der Waals surface area contributed by atoms with E-state index in [1.165, 1.54) is 18.1 Å². The van der Waals surface area contributed by atoms with Crippen molar-refractivity contribution in [3.63, 3.8) is 0 Å². The van der Waals surface area contributed by atoms with E-state index in [9.17, 15) is 10.2 Å². The van der Waals surface area contributed by atoms with Crippen molar-refractivity contribution in [1.29, 1.82) is 0 Å². The molecule has 3 N–H and O–H groups in total. The van der Waals surface area contributed by atoms with Gasteiger partial charge in [-0.15, -0.1) is 0 Å². The number of hydrogen-bond acceptors (Lipinski definition) is 10. The summed E-state index contributed by atoms with van der Waals surface area (Å²) in [7, 11) is 1.90. The van der Waals surface area contributed by atoms with Crippen molar-refractivity contribution in [3.05, 3.63) is 25.0 Å². The average Bonchev–Trinajstić information content (AvgIpc) is 3.52. The van der Waals surface area contributed by atoms with Crippen LogP contribution in [0, 0.1) is 0 Å². The highest BCUT2D eigenvalue weighted by molar-refractivity contribution is 7.99. The molecule has 0 bridgehead atoms. The third-order valence-electron chi connectivity index (χ3n) is 5.39. The molecular weight excluding hydrogens is 410 g/mol. The minimum atomic E-state index is -1.11. The quantitative estimate of drug-likeness (QED) is 0.462. The van der Waals surface area contributed by atoms with Crippen LogP contribution in [0.15, 0.2) is 30.2 Å². The number of fused-ring (bicyclic) bond motifs is 1. The Labute approximate surface area is 176 Å². The lowest BCUT2D eigenvalue weighted by Crippen LogP contribution is -2.32. The highest BCUT2D eigenvalue weighted by Crippen LogP contribution is 2.34. The lowest BCUT2D eigenvalue weighted by atomic mass is 10.1. The summed E-state index contributed by atoms with van der Waals surface area (Å²) in [5.41, 5.74) is 1.11. The normalized spacial score (nSPS) is 29.1. The zero-order valence-electron chi connectivity index (χ0n) is 16.3. The second kappa shape index (κ2) is 8.12. The van der Waals surface area contributed by atoms with Crippen molar-refractivity contribution in [1.82, 2.24) is 29.1 Å². The zero-order chi connectivity index (χ0) is 20.7. The van der Waals surface area contributed by atoms with Gasteiger partial charge in [-0.25, -0.2) is 19.9 Å². The number of aryl methyl sites for hydroxylation is 1. The maximum atomic E-state index is 10.6. The minimum Gasteiger partial charge on any atom is -0.387 e. The molecule has 0 radical (unpaired) electrons. The van der Waals surface area contributed by atoms with Gasteiger partial charge in [-0.1, -0.05) is 11.8 Å². The molecular formula is C18H23N7O4S. The van der Waals surface area contributed by atoms with Gasteiger partial charge in [0, 0.05) is 31.8 Å². The van der Waals surface area contributed by atoms with Crippen LogP contribution in [0.1, 0.15) is 12.6 Å². The fourth-order valence-corrected chi connectivity index (χ4v) is 4.72. The van der Waals surface area contributed by atoms with E-state index < -0.39 is 24.5 Å². The molecule has 5 heterocycles. The number of thioether (sulfide) groups is 1. The first kappa shape index (κ1) is 19.7. The molecule has 2 saturated heterocycles. The Morgan fingerprint density at radius 3 is 2.90 bits per heavy atom. The molecule has 30 heavy (non-hydrogen) atoms. The van der Waals surface area contributed by atoms with Crippen LogP contribution < -0.4 is 5.32 Å². The van der Waals surface area contributed by atoms with Gasteiger partial charge in [-0.2, -0.15) is 0 Å². The van der Waals surface area contributed by atoms with Crippen LogP contribution in [0.4, 0.5) is 5.82 Å². The van der Waals surface area contributed by atoms with Crippen molar-refractivity contribution in [2.24, 2.45) is 7.05 Å². The molecule has 2 aliphatic rings. The number of nitrogens with one attached hydrogen (secondary N) is 1. The predicted octanol–water partition coefficient (Wildman–Crippen LogP) is 0.172. The molecule has 12 heteroatoms. The fraction of sp³-hybridized carbons (Fsp3) is 0.556. The fourth-order valence-electron chi connectivity index (χ4n) is 3.73. The van der Waals surface area contributed by atoms with Crippen molar-refractivity contribution >= 4 is 28.7 Å². The number of aliphatic hydroxyl groups is 2. The summed E-state index contributed by atoms with van der Waals surface area (Å²) in [5.74, 6) is 1.07. The highest BCUT2D eigenvalue weighted by Gasteiger charge is 2.44. The lowest BCUT2D eigenvalue weighted by molar-refractivity contribution is -0.0289. The lowest BCUT2D eigenvalue weighted by Gasteiger charge is -2.17. The van der Waals surface area contributed by atoms with E-state index >= 15 is 0 Å². The van der Waals surface area contributed by atoms with Gasteiger partial charge < -0.3 is 29.6 Å². The molecule has 0 aliphatic carbocycles. The smallest absolute Gasteiger partial charge is 0.167 e. The molecule has 160 valence electrons. The third kappa shape index (κ3) is 3.54. The highest BCUT2D eigenvalue weighted by atomic mass is 32.2. The number of nitrogens with zero attached hydrogens (tertiary/aromatic N) is 6. The number of ether oxygens (including phenoxy) is 2. The zero-order valence-corrected chi connectivity index (χ0v) is 17.1. The van der Waals surface area contributed by atoms with Crippen molar-refractivity contribution in [2.75, 3.05) is 24.3 Å². The van der Waals surface area contributed by atoms with Crippen LogP contribution in [-0.4, -0.2) is 82.6 Å². The first-order valence-electron chi connectivity index (χ1n) is 9.75. The maximum Gasteiger partial charge on any atom is 0.167 e. The van der Waals surface area contributed by atoms with Gasteiger partial charge in [0.25, 0.3) is 0 Å². The molecule has 0 saturated carbocycles. The first-order valence-corrected chi connectivity index (χ1v) is 10.7. The summed E-state index contributed by atoms with van der Waals surface area (Å²) in [5, 5.41) is 25.3. The summed E-state index contributed by atoms with van der Waals surface area (Å²) >= 11 is 1.46. The van der Waals surface area contributed by atoms with Gasteiger partial charge >= 0.3 is 0 Å². The van der Waals surface area contributed by atoms with Crippen LogP contribution in [0.2, 0.25) is 0 Å². The van der Waals surface area contributed by atoms with Crippen molar-refractivity contribution < 1.29 is 19.7 Å². The van der Waals surface area contributed by atoms with E-state index in [1.807, 2.05) is 17.8 Å². The summed E-state index contributed by atoms with van der Waals surface area (Å²) in [6.45, 7) is 1.34. The van der Waals surface area contributed by atoms with Gasteiger partial charge in [0.1, 0.15) is 18.5 Å². The Balaban J connectivity index is 1.35. The average molecular weight is 433 g/mol. The number of hydrogen-bond donors (Lipinski definition) is 3. The van der Waals surface area contributed by atoms with E-state index in [-0.39, 0.29) is 6.04 Å². The van der Waals surface area contributed by atoms with Crippen LogP contribution in [0.25, 0.3) is 11.2 Å². The minimum absolute atomic E-state index is 0.177. The molecule has 0 spiro atoms. The van der Waals surface area contributed by atoms with Gasteiger partial charge in [-0.3, -0.25) is 4.57 Å².